The minimum absolute atomic E-state index is 0.866. The molecule has 0 fully saturated rings. The van der Waals surface area contributed by atoms with Crippen LogP contribution in [0, 0.1) is 0 Å². The van der Waals surface area contributed by atoms with Crippen LogP contribution in [-0.4, -0.2) is 23.3 Å². The largest absolute Gasteiger partial charge is 0.496 e. The number of nitrogens with one attached hydrogen (secondary N) is 1. The van der Waals surface area contributed by atoms with E-state index in [4.69, 9.17) is 4.74 Å². The van der Waals surface area contributed by atoms with Gasteiger partial charge < -0.3 is 9.72 Å². The summed E-state index contributed by atoms with van der Waals surface area (Å²) in [7, 11) is 1.71. The van der Waals surface area contributed by atoms with Crippen molar-refractivity contribution in [3.05, 3.63) is 48.0 Å². The number of aromatic amines is 1. The van der Waals surface area contributed by atoms with E-state index in [2.05, 4.69) is 34.4 Å². The van der Waals surface area contributed by atoms with Crippen molar-refractivity contribution in [2.24, 2.45) is 0 Å². The summed E-state index contributed by atoms with van der Waals surface area (Å²) in [4.78, 5) is 9.07. The number of aromatic nitrogens is 2. The van der Waals surface area contributed by atoms with Crippen LogP contribution in [-0.2, 0) is 5.75 Å². The van der Waals surface area contributed by atoms with Crippen molar-refractivity contribution in [1.82, 2.24) is 9.97 Å². The molecule has 0 spiro atoms. The number of thioether (sulfide) groups is 2. The minimum Gasteiger partial charge on any atom is -0.496 e. The average molecular weight is 316 g/mol. The lowest BCUT2D eigenvalue weighted by molar-refractivity contribution is 0.404. The van der Waals surface area contributed by atoms with E-state index in [0.717, 1.165) is 32.6 Å². The van der Waals surface area contributed by atoms with Crippen LogP contribution in [0.3, 0.4) is 0 Å². The van der Waals surface area contributed by atoms with E-state index < -0.39 is 0 Å². The maximum Gasteiger partial charge on any atom is 0.166 e. The molecule has 2 aromatic carbocycles. The fraction of sp³-hybridized carbons (Fsp3) is 0.188. The molecule has 5 heteroatoms. The first-order valence-corrected chi connectivity index (χ1v) is 8.79. The van der Waals surface area contributed by atoms with Crippen molar-refractivity contribution in [3.8, 4) is 5.75 Å². The van der Waals surface area contributed by atoms with Crippen LogP contribution < -0.4 is 4.74 Å². The van der Waals surface area contributed by atoms with E-state index in [0.29, 0.717) is 0 Å². The predicted octanol–water partition coefficient (Wildman–Crippen LogP) is 4.59. The van der Waals surface area contributed by atoms with Crippen molar-refractivity contribution in [1.29, 1.82) is 0 Å². The zero-order valence-corrected chi connectivity index (χ0v) is 13.6. The van der Waals surface area contributed by atoms with Gasteiger partial charge in [-0.05, 0) is 36.1 Å². The van der Waals surface area contributed by atoms with Crippen LogP contribution in [0.5, 0.6) is 5.75 Å². The lowest BCUT2D eigenvalue weighted by Crippen LogP contribution is -1.89. The average Bonchev–Trinajstić information content (AvgIpc) is 2.95. The number of hydrogen-bond donors (Lipinski definition) is 1. The molecule has 1 N–H and O–H groups in total. The molecule has 0 unspecified atom stereocenters. The second-order valence-electron chi connectivity index (χ2n) is 4.54. The van der Waals surface area contributed by atoms with Crippen LogP contribution in [0.2, 0.25) is 0 Å². The SMILES string of the molecule is COc1cc(CSc2nc3ccccc3[nH]2)ccc1SC. The Balaban J connectivity index is 1.75. The fourth-order valence-electron chi connectivity index (χ4n) is 2.12. The third-order valence-electron chi connectivity index (χ3n) is 3.19. The summed E-state index contributed by atoms with van der Waals surface area (Å²) in [5.74, 6) is 1.80. The van der Waals surface area contributed by atoms with Crippen molar-refractivity contribution >= 4 is 34.6 Å². The van der Waals surface area contributed by atoms with Crippen molar-refractivity contribution in [2.75, 3.05) is 13.4 Å². The van der Waals surface area contributed by atoms with E-state index in [1.165, 1.54) is 5.56 Å². The highest BCUT2D eigenvalue weighted by Gasteiger charge is 2.06. The third kappa shape index (κ3) is 3.19. The molecule has 1 heterocycles. The number of methoxy groups -OCH3 is 1. The van der Waals surface area contributed by atoms with Crippen LogP contribution in [0.15, 0.2) is 52.5 Å². The van der Waals surface area contributed by atoms with Gasteiger partial charge in [0.25, 0.3) is 0 Å². The standard InChI is InChI=1S/C16H16N2OS2/c1-19-14-9-11(7-8-15(14)20-2)10-21-16-17-12-5-3-4-6-13(12)18-16/h3-9H,10H2,1-2H3,(H,17,18). The molecule has 3 nitrogen and oxygen atoms in total. The summed E-state index contributed by atoms with van der Waals surface area (Å²) in [5.41, 5.74) is 3.32. The molecule has 3 aromatic rings. The van der Waals surface area contributed by atoms with E-state index in [1.807, 2.05) is 24.3 Å². The Kier molecular flexibility index (Phi) is 4.41. The van der Waals surface area contributed by atoms with Crippen LogP contribution in [0.1, 0.15) is 5.56 Å². The van der Waals surface area contributed by atoms with Gasteiger partial charge in [-0.15, -0.1) is 11.8 Å². The highest BCUT2D eigenvalue weighted by molar-refractivity contribution is 7.98. The van der Waals surface area contributed by atoms with Crippen molar-refractivity contribution < 1.29 is 4.74 Å². The van der Waals surface area contributed by atoms with E-state index in [1.54, 1.807) is 30.6 Å². The molecular weight excluding hydrogens is 300 g/mol. The lowest BCUT2D eigenvalue weighted by atomic mass is 10.2. The first-order valence-electron chi connectivity index (χ1n) is 6.58. The highest BCUT2D eigenvalue weighted by Crippen LogP contribution is 2.30. The first-order chi connectivity index (χ1) is 10.3. The van der Waals surface area contributed by atoms with Gasteiger partial charge in [0.2, 0.25) is 0 Å². The number of benzene rings is 2. The quantitative estimate of drug-likeness (QED) is 0.699. The number of fused-ring (bicyclic) bond motifs is 1. The molecule has 108 valence electrons. The Morgan fingerprint density at radius 1 is 1.19 bits per heavy atom. The molecule has 0 saturated heterocycles. The Morgan fingerprint density at radius 2 is 2.05 bits per heavy atom. The third-order valence-corrected chi connectivity index (χ3v) is 4.91. The molecule has 21 heavy (non-hydrogen) atoms. The zero-order valence-electron chi connectivity index (χ0n) is 11.9. The van der Waals surface area contributed by atoms with Crippen LogP contribution in [0.25, 0.3) is 11.0 Å². The minimum atomic E-state index is 0.866. The van der Waals surface area contributed by atoms with Crippen LogP contribution >= 0.6 is 23.5 Å². The molecule has 0 aliphatic rings. The molecule has 0 aliphatic carbocycles. The monoisotopic (exact) mass is 316 g/mol. The normalized spacial score (nSPS) is 11.0. The smallest absolute Gasteiger partial charge is 0.166 e. The molecule has 0 radical (unpaired) electrons. The first kappa shape index (κ1) is 14.4. The van der Waals surface area contributed by atoms with E-state index in [9.17, 15) is 0 Å². The molecule has 0 aliphatic heterocycles. The zero-order chi connectivity index (χ0) is 14.7. The van der Waals surface area contributed by atoms with Gasteiger partial charge in [-0.2, -0.15) is 0 Å². The molecule has 0 bridgehead atoms. The van der Waals surface area contributed by atoms with Gasteiger partial charge in [-0.1, -0.05) is 30.0 Å². The Hall–Kier alpha value is -1.59. The topological polar surface area (TPSA) is 37.9 Å². The molecule has 0 saturated carbocycles. The number of ether oxygens (including phenoxy) is 1. The van der Waals surface area contributed by atoms with Crippen LogP contribution in [0.4, 0.5) is 0 Å². The predicted molar refractivity (Wildman–Crippen MR) is 90.4 cm³/mol. The number of imidazole rings is 1. The van der Waals surface area contributed by atoms with Crippen molar-refractivity contribution in [2.45, 2.75) is 15.8 Å². The summed E-state index contributed by atoms with van der Waals surface area (Å²) in [6.07, 6.45) is 2.06. The van der Waals surface area contributed by atoms with E-state index >= 15 is 0 Å². The summed E-state index contributed by atoms with van der Waals surface area (Å²) in [5, 5.41) is 0.948. The number of hydrogen-bond acceptors (Lipinski definition) is 4. The Labute approximate surface area is 132 Å². The van der Waals surface area contributed by atoms with Crippen molar-refractivity contribution in [3.63, 3.8) is 0 Å². The fourth-order valence-corrected chi connectivity index (χ4v) is 3.50. The summed E-state index contributed by atoms with van der Waals surface area (Å²) in [6, 6.07) is 14.4. The van der Waals surface area contributed by atoms with Gasteiger partial charge in [0.15, 0.2) is 5.16 Å². The molecule has 1 aromatic heterocycles. The van der Waals surface area contributed by atoms with Gasteiger partial charge in [0.1, 0.15) is 5.75 Å². The number of nitrogens with zero attached hydrogens (tertiary/aromatic N) is 1. The van der Waals surface area contributed by atoms with E-state index in [-0.39, 0.29) is 0 Å². The maximum atomic E-state index is 5.42. The summed E-state index contributed by atoms with van der Waals surface area (Å²) in [6.45, 7) is 0. The van der Waals surface area contributed by atoms with Gasteiger partial charge in [-0.25, -0.2) is 4.98 Å². The molecular formula is C16H16N2OS2. The second kappa shape index (κ2) is 6.45. The van der Waals surface area contributed by atoms with Gasteiger partial charge >= 0.3 is 0 Å². The number of para-hydroxylation sites is 2. The molecule has 3 rings (SSSR count). The lowest BCUT2D eigenvalue weighted by Gasteiger charge is -2.08. The highest BCUT2D eigenvalue weighted by atomic mass is 32.2. The number of H-pyrrole nitrogens is 1. The summed E-state index contributed by atoms with van der Waals surface area (Å²) < 4.78 is 5.42. The second-order valence-corrected chi connectivity index (χ2v) is 6.35. The Morgan fingerprint density at radius 3 is 2.81 bits per heavy atom. The number of rotatable bonds is 5. The molecule has 0 atom stereocenters. The van der Waals surface area contributed by atoms with Gasteiger partial charge in [-0.3, -0.25) is 0 Å². The summed E-state index contributed by atoms with van der Waals surface area (Å²) >= 11 is 3.40. The molecule has 0 amide bonds. The van der Waals surface area contributed by atoms with Gasteiger partial charge in [0, 0.05) is 10.6 Å². The maximum absolute atomic E-state index is 5.42. The van der Waals surface area contributed by atoms with Gasteiger partial charge in [0.05, 0.1) is 18.1 Å². The Bertz CT molecular complexity index is 722.